The third-order valence-corrected chi connectivity index (χ3v) is 3.64. The molecule has 0 N–H and O–H groups in total. The Morgan fingerprint density at radius 1 is 1.29 bits per heavy atom. The third kappa shape index (κ3) is 3.11. The first kappa shape index (κ1) is 15.2. The zero-order valence-electron chi connectivity index (χ0n) is 11.1. The van der Waals surface area contributed by atoms with Gasteiger partial charge in [0.2, 0.25) is 0 Å². The molecule has 2 aromatic rings. The SMILES string of the molecule is COC(=O)C(c1ccc(Br)cc1)c1cccc(F)c1C#N. The molecule has 3 nitrogen and oxygen atoms in total. The van der Waals surface area contributed by atoms with Gasteiger partial charge in [-0.15, -0.1) is 0 Å². The lowest BCUT2D eigenvalue weighted by atomic mass is 9.88. The smallest absolute Gasteiger partial charge is 0.317 e. The van der Waals surface area contributed by atoms with Crippen LogP contribution in [0.2, 0.25) is 0 Å². The van der Waals surface area contributed by atoms with Crippen LogP contribution in [0.15, 0.2) is 46.9 Å². The lowest BCUT2D eigenvalue weighted by Crippen LogP contribution is -2.17. The second-order valence-electron chi connectivity index (χ2n) is 4.32. The van der Waals surface area contributed by atoms with Crippen molar-refractivity contribution in [2.75, 3.05) is 7.11 Å². The van der Waals surface area contributed by atoms with Gasteiger partial charge in [0.05, 0.1) is 12.7 Å². The van der Waals surface area contributed by atoms with E-state index in [1.807, 2.05) is 6.07 Å². The Balaban J connectivity index is 2.62. The molecule has 0 heterocycles. The number of nitrogens with zero attached hydrogens (tertiary/aromatic N) is 1. The van der Waals surface area contributed by atoms with E-state index in [1.54, 1.807) is 30.3 Å². The molecule has 0 fully saturated rings. The fraction of sp³-hybridized carbons (Fsp3) is 0.125. The quantitative estimate of drug-likeness (QED) is 0.794. The van der Waals surface area contributed by atoms with E-state index in [0.29, 0.717) is 11.1 Å². The number of methoxy groups -OCH3 is 1. The molecule has 0 bridgehead atoms. The predicted molar refractivity (Wildman–Crippen MR) is 79.1 cm³/mol. The van der Waals surface area contributed by atoms with Gasteiger partial charge in [-0.25, -0.2) is 4.39 Å². The Hall–Kier alpha value is -2.19. The van der Waals surface area contributed by atoms with Crippen molar-refractivity contribution >= 4 is 21.9 Å². The topological polar surface area (TPSA) is 50.1 Å². The van der Waals surface area contributed by atoms with Crippen LogP contribution in [0.5, 0.6) is 0 Å². The first-order valence-electron chi connectivity index (χ1n) is 6.10. The molecular formula is C16H11BrFNO2. The number of rotatable bonds is 3. The van der Waals surface area contributed by atoms with E-state index in [0.717, 1.165) is 4.47 Å². The molecule has 2 aromatic carbocycles. The van der Waals surface area contributed by atoms with Crippen LogP contribution in [0.3, 0.4) is 0 Å². The maximum Gasteiger partial charge on any atom is 0.317 e. The van der Waals surface area contributed by atoms with Crippen molar-refractivity contribution in [2.24, 2.45) is 0 Å². The summed E-state index contributed by atoms with van der Waals surface area (Å²) < 4.78 is 19.4. The molecular weight excluding hydrogens is 337 g/mol. The standard InChI is InChI=1S/C16H11BrFNO2/c1-21-16(20)15(10-5-7-11(17)8-6-10)12-3-2-4-14(18)13(12)9-19/h2-8,15H,1H3. The summed E-state index contributed by atoms with van der Waals surface area (Å²) in [4.78, 5) is 12.1. The molecule has 5 heteroatoms. The van der Waals surface area contributed by atoms with Crippen LogP contribution < -0.4 is 0 Å². The van der Waals surface area contributed by atoms with Crippen molar-refractivity contribution in [1.29, 1.82) is 5.26 Å². The van der Waals surface area contributed by atoms with E-state index < -0.39 is 17.7 Å². The molecule has 0 aliphatic carbocycles. The molecule has 1 unspecified atom stereocenters. The first-order valence-corrected chi connectivity index (χ1v) is 6.89. The number of carbonyl (C=O) groups excluding carboxylic acids is 1. The van der Waals surface area contributed by atoms with E-state index >= 15 is 0 Å². The highest BCUT2D eigenvalue weighted by atomic mass is 79.9. The Morgan fingerprint density at radius 2 is 1.95 bits per heavy atom. The van der Waals surface area contributed by atoms with Gasteiger partial charge in [0, 0.05) is 4.47 Å². The Morgan fingerprint density at radius 3 is 2.52 bits per heavy atom. The fourth-order valence-electron chi connectivity index (χ4n) is 2.12. The highest BCUT2D eigenvalue weighted by Gasteiger charge is 2.27. The fourth-order valence-corrected chi connectivity index (χ4v) is 2.38. The predicted octanol–water partition coefficient (Wildman–Crippen LogP) is 3.76. The molecule has 0 amide bonds. The van der Waals surface area contributed by atoms with Crippen molar-refractivity contribution in [1.82, 2.24) is 0 Å². The lowest BCUT2D eigenvalue weighted by Gasteiger charge is -2.17. The van der Waals surface area contributed by atoms with E-state index in [-0.39, 0.29) is 5.56 Å². The van der Waals surface area contributed by atoms with Crippen LogP contribution in [0.25, 0.3) is 0 Å². The van der Waals surface area contributed by atoms with Gasteiger partial charge in [-0.05, 0) is 29.3 Å². The Labute approximate surface area is 130 Å². The number of esters is 1. The van der Waals surface area contributed by atoms with Crippen LogP contribution in [0.4, 0.5) is 4.39 Å². The van der Waals surface area contributed by atoms with E-state index in [4.69, 9.17) is 10.00 Å². The maximum atomic E-state index is 13.8. The third-order valence-electron chi connectivity index (χ3n) is 3.11. The number of hydrogen-bond acceptors (Lipinski definition) is 3. The average Bonchev–Trinajstić information content (AvgIpc) is 2.49. The van der Waals surface area contributed by atoms with Gasteiger partial charge in [-0.1, -0.05) is 40.2 Å². The number of hydrogen-bond donors (Lipinski definition) is 0. The largest absolute Gasteiger partial charge is 0.468 e. The molecule has 0 aliphatic heterocycles. The lowest BCUT2D eigenvalue weighted by molar-refractivity contribution is -0.141. The van der Waals surface area contributed by atoms with Crippen LogP contribution in [0, 0.1) is 17.1 Å². The summed E-state index contributed by atoms with van der Waals surface area (Å²) in [7, 11) is 1.26. The molecule has 2 rings (SSSR count). The van der Waals surface area contributed by atoms with Crippen LogP contribution in [-0.4, -0.2) is 13.1 Å². The summed E-state index contributed by atoms with van der Waals surface area (Å²) in [6.45, 7) is 0. The molecule has 1 atom stereocenters. The molecule has 0 saturated heterocycles. The van der Waals surface area contributed by atoms with Gasteiger partial charge < -0.3 is 4.74 Å². The number of halogens is 2. The maximum absolute atomic E-state index is 13.8. The van der Waals surface area contributed by atoms with E-state index in [1.165, 1.54) is 19.2 Å². The van der Waals surface area contributed by atoms with Gasteiger partial charge in [-0.2, -0.15) is 5.26 Å². The van der Waals surface area contributed by atoms with Crippen molar-refractivity contribution in [3.63, 3.8) is 0 Å². The van der Waals surface area contributed by atoms with Gasteiger partial charge in [0.15, 0.2) is 0 Å². The summed E-state index contributed by atoms with van der Waals surface area (Å²) in [6, 6.07) is 13.1. The molecule has 0 aliphatic rings. The molecule has 21 heavy (non-hydrogen) atoms. The normalized spacial score (nSPS) is 11.5. The summed E-state index contributed by atoms with van der Waals surface area (Å²) in [5.41, 5.74) is 0.787. The highest BCUT2D eigenvalue weighted by molar-refractivity contribution is 9.10. The summed E-state index contributed by atoms with van der Waals surface area (Å²) in [5.74, 6) is -2.03. The minimum atomic E-state index is -0.839. The van der Waals surface area contributed by atoms with Gasteiger partial charge in [0.25, 0.3) is 0 Å². The number of benzene rings is 2. The Bertz CT molecular complexity index is 707. The van der Waals surface area contributed by atoms with Crippen molar-refractivity contribution < 1.29 is 13.9 Å². The summed E-state index contributed by atoms with van der Waals surface area (Å²) in [6.07, 6.45) is 0. The molecule has 0 aromatic heterocycles. The van der Waals surface area contributed by atoms with Gasteiger partial charge in [0.1, 0.15) is 17.8 Å². The second-order valence-corrected chi connectivity index (χ2v) is 5.24. The molecule has 0 saturated carbocycles. The molecule has 0 radical (unpaired) electrons. The van der Waals surface area contributed by atoms with Gasteiger partial charge in [-0.3, -0.25) is 4.79 Å². The minimum absolute atomic E-state index is 0.143. The van der Waals surface area contributed by atoms with Crippen molar-refractivity contribution in [3.8, 4) is 6.07 Å². The summed E-state index contributed by atoms with van der Waals surface area (Å²) >= 11 is 3.32. The zero-order valence-corrected chi connectivity index (χ0v) is 12.7. The molecule has 106 valence electrons. The van der Waals surface area contributed by atoms with E-state index in [2.05, 4.69) is 15.9 Å². The van der Waals surface area contributed by atoms with Crippen molar-refractivity contribution in [2.45, 2.75) is 5.92 Å². The second kappa shape index (κ2) is 6.51. The van der Waals surface area contributed by atoms with Crippen LogP contribution >= 0.6 is 15.9 Å². The minimum Gasteiger partial charge on any atom is -0.468 e. The van der Waals surface area contributed by atoms with E-state index in [9.17, 15) is 9.18 Å². The number of nitriles is 1. The number of carbonyl (C=O) groups is 1. The zero-order chi connectivity index (χ0) is 15.4. The monoisotopic (exact) mass is 347 g/mol. The summed E-state index contributed by atoms with van der Waals surface area (Å²) in [5, 5.41) is 9.14. The Kier molecular flexibility index (Phi) is 4.71. The highest BCUT2D eigenvalue weighted by Crippen LogP contribution is 2.30. The van der Waals surface area contributed by atoms with Crippen LogP contribution in [0.1, 0.15) is 22.6 Å². The molecule has 0 spiro atoms. The van der Waals surface area contributed by atoms with Crippen LogP contribution in [-0.2, 0) is 9.53 Å². The first-order chi connectivity index (χ1) is 10.1. The van der Waals surface area contributed by atoms with Gasteiger partial charge >= 0.3 is 5.97 Å². The van der Waals surface area contributed by atoms with Crippen molar-refractivity contribution in [3.05, 3.63) is 69.4 Å². The number of ether oxygens (including phenoxy) is 1. The average molecular weight is 348 g/mol.